The highest BCUT2D eigenvalue weighted by Crippen LogP contribution is 2.29. The van der Waals surface area contributed by atoms with Crippen LogP contribution in [0, 0.1) is 13.8 Å². The van der Waals surface area contributed by atoms with E-state index in [9.17, 15) is 0 Å². The SMILES string of the molecule is Cc1cc(C2CCNC2)c(C)n1C(C)C. The van der Waals surface area contributed by atoms with Gasteiger partial charge in [0, 0.05) is 24.0 Å². The van der Waals surface area contributed by atoms with E-state index in [0.29, 0.717) is 6.04 Å². The molecule has 0 aliphatic carbocycles. The van der Waals surface area contributed by atoms with Gasteiger partial charge in [-0.05, 0) is 58.2 Å². The summed E-state index contributed by atoms with van der Waals surface area (Å²) in [5.74, 6) is 0.740. The van der Waals surface area contributed by atoms with E-state index >= 15 is 0 Å². The highest BCUT2D eigenvalue weighted by atomic mass is 15.0. The van der Waals surface area contributed by atoms with Gasteiger partial charge in [0.15, 0.2) is 0 Å². The predicted octanol–water partition coefficient (Wildman–Crippen LogP) is 2.76. The highest BCUT2D eigenvalue weighted by Gasteiger charge is 2.22. The third kappa shape index (κ3) is 1.83. The molecule has 1 aliphatic heterocycles. The second-order valence-electron chi connectivity index (χ2n) is 4.98. The molecule has 2 heterocycles. The first-order valence-corrected chi connectivity index (χ1v) is 6.00. The Morgan fingerprint density at radius 3 is 2.60 bits per heavy atom. The molecule has 0 amide bonds. The number of hydrogen-bond acceptors (Lipinski definition) is 1. The minimum Gasteiger partial charge on any atom is -0.346 e. The molecule has 2 heteroatoms. The topological polar surface area (TPSA) is 17.0 Å². The van der Waals surface area contributed by atoms with Gasteiger partial charge in [-0.2, -0.15) is 0 Å². The van der Waals surface area contributed by atoms with Gasteiger partial charge in [-0.3, -0.25) is 0 Å². The first-order valence-electron chi connectivity index (χ1n) is 6.00. The zero-order valence-corrected chi connectivity index (χ0v) is 10.3. The number of aryl methyl sites for hydroxylation is 1. The van der Waals surface area contributed by atoms with E-state index in [1.54, 1.807) is 5.56 Å². The fourth-order valence-electron chi connectivity index (χ4n) is 2.93. The normalized spacial score (nSPS) is 21.5. The van der Waals surface area contributed by atoms with Crippen LogP contribution in [0.3, 0.4) is 0 Å². The molecule has 0 aromatic carbocycles. The molecule has 0 saturated carbocycles. The van der Waals surface area contributed by atoms with Crippen LogP contribution in [0.1, 0.15) is 49.2 Å². The van der Waals surface area contributed by atoms with Gasteiger partial charge in [0.2, 0.25) is 0 Å². The van der Waals surface area contributed by atoms with Crippen LogP contribution >= 0.6 is 0 Å². The predicted molar refractivity (Wildman–Crippen MR) is 64.5 cm³/mol. The molecule has 84 valence electrons. The summed E-state index contributed by atoms with van der Waals surface area (Å²) in [7, 11) is 0. The van der Waals surface area contributed by atoms with Gasteiger partial charge in [-0.1, -0.05) is 0 Å². The Morgan fingerprint density at radius 2 is 2.13 bits per heavy atom. The average Bonchev–Trinajstić information content (AvgIpc) is 2.72. The fourth-order valence-corrected chi connectivity index (χ4v) is 2.93. The Balaban J connectivity index is 2.36. The van der Waals surface area contributed by atoms with E-state index in [-0.39, 0.29) is 0 Å². The van der Waals surface area contributed by atoms with Crippen molar-refractivity contribution >= 4 is 0 Å². The summed E-state index contributed by atoms with van der Waals surface area (Å²) >= 11 is 0. The van der Waals surface area contributed by atoms with E-state index in [0.717, 1.165) is 12.5 Å². The zero-order chi connectivity index (χ0) is 11.0. The number of nitrogens with zero attached hydrogens (tertiary/aromatic N) is 1. The summed E-state index contributed by atoms with van der Waals surface area (Å²) in [4.78, 5) is 0. The quantitative estimate of drug-likeness (QED) is 0.787. The van der Waals surface area contributed by atoms with Gasteiger partial charge < -0.3 is 9.88 Å². The van der Waals surface area contributed by atoms with Crippen molar-refractivity contribution in [1.82, 2.24) is 9.88 Å². The molecule has 15 heavy (non-hydrogen) atoms. The summed E-state index contributed by atoms with van der Waals surface area (Å²) in [6, 6.07) is 2.96. The van der Waals surface area contributed by atoms with Crippen molar-refractivity contribution in [3.05, 3.63) is 23.0 Å². The summed E-state index contributed by atoms with van der Waals surface area (Å²) < 4.78 is 2.45. The van der Waals surface area contributed by atoms with Crippen LogP contribution in [0.4, 0.5) is 0 Å². The maximum atomic E-state index is 3.45. The Labute approximate surface area is 92.7 Å². The summed E-state index contributed by atoms with van der Waals surface area (Å²) in [5.41, 5.74) is 4.44. The standard InChI is InChI=1S/C13H22N2/c1-9(2)15-10(3)7-13(11(15)4)12-5-6-14-8-12/h7,9,12,14H,5-6,8H2,1-4H3. The Kier molecular flexibility index (Phi) is 2.87. The van der Waals surface area contributed by atoms with E-state index in [1.165, 1.54) is 24.4 Å². The Bertz CT molecular complexity index is 344. The van der Waals surface area contributed by atoms with Gasteiger partial charge in [-0.25, -0.2) is 0 Å². The first kappa shape index (κ1) is 10.7. The second kappa shape index (κ2) is 4.01. The third-order valence-corrected chi connectivity index (χ3v) is 3.54. The minimum absolute atomic E-state index is 0.577. The lowest BCUT2D eigenvalue weighted by Crippen LogP contribution is -2.09. The Morgan fingerprint density at radius 1 is 1.40 bits per heavy atom. The smallest absolute Gasteiger partial charge is 0.0279 e. The molecule has 1 aromatic heterocycles. The van der Waals surface area contributed by atoms with Gasteiger partial charge in [0.05, 0.1) is 0 Å². The van der Waals surface area contributed by atoms with E-state index < -0.39 is 0 Å². The van der Waals surface area contributed by atoms with Crippen LogP contribution in [0.25, 0.3) is 0 Å². The number of rotatable bonds is 2. The summed E-state index contributed by atoms with van der Waals surface area (Å²) in [6.45, 7) is 11.3. The maximum absolute atomic E-state index is 3.45. The lowest BCUT2D eigenvalue weighted by atomic mass is 9.99. The lowest BCUT2D eigenvalue weighted by Gasteiger charge is -2.15. The van der Waals surface area contributed by atoms with E-state index in [2.05, 4.69) is 43.6 Å². The van der Waals surface area contributed by atoms with Crippen molar-refractivity contribution in [2.45, 2.75) is 46.1 Å². The Hall–Kier alpha value is -0.760. The molecule has 1 N–H and O–H groups in total. The van der Waals surface area contributed by atoms with Crippen LogP contribution in [0.15, 0.2) is 6.07 Å². The molecular weight excluding hydrogens is 184 g/mol. The van der Waals surface area contributed by atoms with Gasteiger partial charge >= 0.3 is 0 Å². The van der Waals surface area contributed by atoms with Gasteiger partial charge in [0.25, 0.3) is 0 Å². The van der Waals surface area contributed by atoms with Crippen LogP contribution in [0.2, 0.25) is 0 Å². The molecule has 0 spiro atoms. The molecule has 2 rings (SSSR count). The molecule has 1 aliphatic rings. The molecule has 1 saturated heterocycles. The number of nitrogens with one attached hydrogen (secondary N) is 1. The van der Waals surface area contributed by atoms with Crippen molar-refractivity contribution in [2.24, 2.45) is 0 Å². The molecule has 0 bridgehead atoms. The van der Waals surface area contributed by atoms with Crippen LogP contribution in [0.5, 0.6) is 0 Å². The van der Waals surface area contributed by atoms with Crippen LogP contribution in [-0.4, -0.2) is 17.7 Å². The third-order valence-electron chi connectivity index (χ3n) is 3.54. The molecule has 1 aromatic rings. The largest absolute Gasteiger partial charge is 0.346 e. The molecule has 2 nitrogen and oxygen atoms in total. The first-order chi connectivity index (χ1) is 7.11. The molecule has 1 fully saturated rings. The number of aromatic nitrogens is 1. The summed E-state index contributed by atoms with van der Waals surface area (Å²) in [6.07, 6.45) is 1.29. The van der Waals surface area contributed by atoms with Crippen molar-refractivity contribution in [3.8, 4) is 0 Å². The second-order valence-corrected chi connectivity index (χ2v) is 4.98. The fraction of sp³-hybridized carbons (Fsp3) is 0.692. The zero-order valence-electron chi connectivity index (χ0n) is 10.3. The average molecular weight is 206 g/mol. The van der Waals surface area contributed by atoms with Crippen LogP contribution in [-0.2, 0) is 0 Å². The van der Waals surface area contributed by atoms with Crippen molar-refractivity contribution in [3.63, 3.8) is 0 Å². The van der Waals surface area contributed by atoms with E-state index in [4.69, 9.17) is 0 Å². The summed E-state index contributed by atoms with van der Waals surface area (Å²) in [5, 5.41) is 3.45. The van der Waals surface area contributed by atoms with Crippen molar-refractivity contribution in [2.75, 3.05) is 13.1 Å². The van der Waals surface area contributed by atoms with Crippen LogP contribution < -0.4 is 5.32 Å². The minimum atomic E-state index is 0.577. The van der Waals surface area contributed by atoms with Crippen molar-refractivity contribution in [1.29, 1.82) is 0 Å². The van der Waals surface area contributed by atoms with E-state index in [1.807, 2.05) is 0 Å². The van der Waals surface area contributed by atoms with Crippen molar-refractivity contribution < 1.29 is 0 Å². The molecule has 1 atom stereocenters. The highest BCUT2D eigenvalue weighted by molar-refractivity contribution is 5.31. The van der Waals surface area contributed by atoms with Gasteiger partial charge in [0.1, 0.15) is 0 Å². The number of hydrogen-bond donors (Lipinski definition) is 1. The lowest BCUT2D eigenvalue weighted by molar-refractivity contribution is 0.570. The monoisotopic (exact) mass is 206 g/mol. The molecule has 1 unspecified atom stereocenters. The molecular formula is C13H22N2. The maximum Gasteiger partial charge on any atom is 0.0279 e. The van der Waals surface area contributed by atoms with Gasteiger partial charge in [-0.15, -0.1) is 0 Å². The molecule has 0 radical (unpaired) electrons.